The van der Waals surface area contributed by atoms with E-state index in [9.17, 15) is 23.1 Å². The average molecular weight is 657 g/mol. The Morgan fingerprint density at radius 1 is 0.913 bits per heavy atom. The monoisotopic (exact) mass is 656 g/mol. The van der Waals surface area contributed by atoms with E-state index in [-0.39, 0.29) is 36.7 Å². The lowest BCUT2D eigenvalue weighted by Crippen LogP contribution is -2.51. The standard InChI is InChI=1S/C34H45FN4O6S/c1-24(2)20-21-39(46(43,44)30-18-15-28(36)16-19-30)29(23-40)17-14-27(35)22-37-33(41)32(38-34(42)45-3)31(25-10-6-4-7-11-25)26-12-8-5-9-13-26/h4-13,15-16,18-19,24,27,29,31-32,40H,14,17,20-23,36H2,1-3H3,(H,37,41)(H,38,42)/t27-,29-,32-/m0/s1. The lowest BCUT2D eigenvalue weighted by atomic mass is 9.84. The second-order valence-electron chi connectivity index (χ2n) is 11.5. The summed E-state index contributed by atoms with van der Waals surface area (Å²) in [5, 5.41) is 15.5. The summed E-state index contributed by atoms with van der Waals surface area (Å²) >= 11 is 0. The number of nitrogen functional groups attached to an aromatic ring is 1. The lowest BCUT2D eigenvalue weighted by Gasteiger charge is -2.31. The Morgan fingerprint density at radius 2 is 1.48 bits per heavy atom. The number of alkyl halides is 1. The van der Waals surface area contributed by atoms with E-state index >= 15 is 4.39 Å². The maximum Gasteiger partial charge on any atom is 0.407 e. The van der Waals surface area contributed by atoms with Gasteiger partial charge in [-0.15, -0.1) is 0 Å². The van der Waals surface area contributed by atoms with E-state index in [4.69, 9.17) is 10.5 Å². The predicted molar refractivity (Wildman–Crippen MR) is 176 cm³/mol. The third kappa shape index (κ3) is 10.3. The molecule has 0 saturated heterocycles. The molecule has 0 spiro atoms. The molecule has 0 aliphatic heterocycles. The Balaban J connectivity index is 1.75. The average Bonchev–Trinajstić information content (AvgIpc) is 3.05. The van der Waals surface area contributed by atoms with Crippen LogP contribution in [0.15, 0.2) is 89.8 Å². The molecule has 10 nitrogen and oxygen atoms in total. The number of methoxy groups -OCH3 is 1. The molecule has 2 amide bonds. The van der Waals surface area contributed by atoms with Gasteiger partial charge in [0.05, 0.1) is 18.6 Å². The molecule has 12 heteroatoms. The fraction of sp³-hybridized carbons (Fsp3) is 0.412. The van der Waals surface area contributed by atoms with E-state index < -0.39 is 52.8 Å². The number of alkyl carbamates (subject to hydrolysis) is 1. The Labute approximate surface area is 271 Å². The zero-order valence-electron chi connectivity index (χ0n) is 26.5. The normalized spacial score (nSPS) is 13.7. The second-order valence-corrected chi connectivity index (χ2v) is 13.4. The summed E-state index contributed by atoms with van der Waals surface area (Å²) in [6.45, 7) is 3.18. The molecule has 0 radical (unpaired) electrons. The van der Waals surface area contributed by atoms with Gasteiger partial charge in [-0.2, -0.15) is 4.31 Å². The molecule has 3 atom stereocenters. The topological polar surface area (TPSA) is 151 Å². The molecule has 0 heterocycles. The number of nitrogens with zero attached hydrogens (tertiary/aromatic N) is 1. The lowest BCUT2D eigenvalue weighted by molar-refractivity contribution is -0.123. The first-order valence-corrected chi connectivity index (χ1v) is 16.8. The molecule has 0 unspecified atom stereocenters. The van der Waals surface area contributed by atoms with E-state index in [2.05, 4.69) is 10.6 Å². The third-order valence-electron chi connectivity index (χ3n) is 7.73. The molecule has 3 aromatic rings. The van der Waals surface area contributed by atoms with Gasteiger partial charge in [-0.3, -0.25) is 4.79 Å². The van der Waals surface area contributed by atoms with Crippen LogP contribution in [0.4, 0.5) is 14.9 Å². The maximum absolute atomic E-state index is 15.4. The van der Waals surface area contributed by atoms with Crippen molar-refractivity contribution in [3.05, 3.63) is 96.1 Å². The van der Waals surface area contributed by atoms with E-state index in [1.165, 1.54) is 35.7 Å². The number of carbonyl (C=O) groups excluding carboxylic acids is 2. The quantitative estimate of drug-likeness (QED) is 0.157. The number of benzene rings is 3. The highest BCUT2D eigenvalue weighted by molar-refractivity contribution is 7.89. The zero-order chi connectivity index (χ0) is 33.7. The van der Waals surface area contributed by atoms with Gasteiger partial charge < -0.3 is 26.2 Å². The minimum atomic E-state index is -4.01. The summed E-state index contributed by atoms with van der Waals surface area (Å²) in [6.07, 6.45) is -1.95. The largest absolute Gasteiger partial charge is 0.453 e. The third-order valence-corrected chi connectivity index (χ3v) is 9.70. The van der Waals surface area contributed by atoms with Gasteiger partial charge in [-0.25, -0.2) is 17.6 Å². The summed E-state index contributed by atoms with van der Waals surface area (Å²) in [7, 11) is -2.82. The minimum Gasteiger partial charge on any atom is -0.453 e. The molecule has 3 aromatic carbocycles. The second kappa shape index (κ2) is 17.6. The van der Waals surface area contributed by atoms with Gasteiger partial charge in [0.1, 0.15) is 12.2 Å². The van der Waals surface area contributed by atoms with Crippen molar-refractivity contribution in [1.82, 2.24) is 14.9 Å². The number of nitrogens with two attached hydrogens (primary N) is 1. The van der Waals surface area contributed by atoms with Crippen molar-refractivity contribution in [2.75, 3.05) is 32.5 Å². The van der Waals surface area contributed by atoms with Gasteiger partial charge >= 0.3 is 6.09 Å². The molecule has 3 rings (SSSR count). The van der Waals surface area contributed by atoms with Crippen LogP contribution in [0.25, 0.3) is 0 Å². The Bertz CT molecular complexity index is 1440. The number of rotatable bonds is 17. The number of sulfonamides is 1. The van der Waals surface area contributed by atoms with Crippen molar-refractivity contribution in [3.8, 4) is 0 Å². The van der Waals surface area contributed by atoms with Crippen LogP contribution in [-0.4, -0.2) is 74.9 Å². The van der Waals surface area contributed by atoms with E-state index in [1.807, 2.05) is 74.5 Å². The van der Waals surface area contributed by atoms with Crippen LogP contribution in [-0.2, 0) is 19.6 Å². The fourth-order valence-corrected chi connectivity index (χ4v) is 6.83. The molecule has 0 saturated carbocycles. The maximum atomic E-state index is 15.4. The number of aliphatic hydroxyl groups is 1. The molecule has 0 fully saturated rings. The van der Waals surface area contributed by atoms with Gasteiger partial charge in [-0.1, -0.05) is 74.5 Å². The molecule has 0 aromatic heterocycles. The first kappa shape index (κ1) is 36.5. The van der Waals surface area contributed by atoms with Gasteiger partial charge in [0.2, 0.25) is 15.9 Å². The summed E-state index contributed by atoms with van der Waals surface area (Å²) in [6, 6.07) is 22.1. The molecule has 5 N–H and O–H groups in total. The van der Waals surface area contributed by atoms with Crippen LogP contribution in [0, 0.1) is 5.92 Å². The van der Waals surface area contributed by atoms with E-state index in [1.54, 1.807) is 0 Å². The van der Waals surface area contributed by atoms with Crippen LogP contribution < -0.4 is 16.4 Å². The SMILES string of the molecule is COC(=O)N[C@H](C(=O)NC[C@@H](F)CC[C@@H](CO)N(CCC(C)C)S(=O)(=O)c1ccc(N)cc1)C(c1ccccc1)c1ccccc1. The molecule has 250 valence electrons. The molecule has 46 heavy (non-hydrogen) atoms. The number of aliphatic hydroxyl groups excluding tert-OH is 1. The van der Waals surface area contributed by atoms with Crippen LogP contribution in [0.2, 0.25) is 0 Å². The molecule has 0 aliphatic rings. The number of hydrogen-bond donors (Lipinski definition) is 4. The highest BCUT2D eigenvalue weighted by Crippen LogP contribution is 2.29. The molecule has 0 bridgehead atoms. The van der Waals surface area contributed by atoms with Crippen molar-refractivity contribution in [1.29, 1.82) is 0 Å². The van der Waals surface area contributed by atoms with Crippen molar-refractivity contribution in [2.24, 2.45) is 5.92 Å². The Morgan fingerprint density at radius 3 is 1.98 bits per heavy atom. The number of anilines is 1. The van der Waals surface area contributed by atoms with Crippen molar-refractivity contribution < 1.29 is 32.2 Å². The highest BCUT2D eigenvalue weighted by atomic mass is 32.2. The minimum absolute atomic E-state index is 0.0142. The smallest absolute Gasteiger partial charge is 0.407 e. The van der Waals surface area contributed by atoms with Gasteiger partial charge in [0.15, 0.2) is 0 Å². The van der Waals surface area contributed by atoms with Crippen LogP contribution in [0.3, 0.4) is 0 Å². The number of hydrogen-bond acceptors (Lipinski definition) is 7. The molecular formula is C34H45FN4O6S. The summed E-state index contributed by atoms with van der Waals surface area (Å²) < 4.78 is 48.5. The Hall–Kier alpha value is -4.00. The predicted octanol–water partition coefficient (Wildman–Crippen LogP) is 4.46. The highest BCUT2D eigenvalue weighted by Gasteiger charge is 2.34. The number of carbonyl (C=O) groups is 2. The summed E-state index contributed by atoms with van der Waals surface area (Å²) in [5.41, 5.74) is 7.67. The van der Waals surface area contributed by atoms with E-state index in [0.717, 1.165) is 11.1 Å². The van der Waals surface area contributed by atoms with Crippen molar-refractivity contribution in [2.45, 2.75) is 62.2 Å². The summed E-state index contributed by atoms with van der Waals surface area (Å²) in [4.78, 5) is 25.9. The van der Waals surface area contributed by atoms with Crippen LogP contribution in [0.5, 0.6) is 0 Å². The number of ether oxygens (including phenoxy) is 1. The number of halogens is 1. The zero-order valence-corrected chi connectivity index (χ0v) is 27.3. The van der Waals surface area contributed by atoms with Crippen molar-refractivity contribution >= 4 is 27.7 Å². The molecule has 0 aliphatic carbocycles. The van der Waals surface area contributed by atoms with Gasteiger partial charge in [0, 0.05) is 30.7 Å². The van der Waals surface area contributed by atoms with Gasteiger partial charge in [-0.05, 0) is 60.6 Å². The van der Waals surface area contributed by atoms with E-state index in [0.29, 0.717) is 12.1 Å². The Kier molecular flexibility index (Phi) is 14.0. The van der Waals surface area contributed by atoms with Crippen molar-refractivity contribution in [3.63, 3.8) is 0 Å². The molecular weight excluding hydrogens is 611 g/mol. The van der Waals surface area contributed by atoms with Gasteiger partial charge in [0.25, 0.3) is 0 Å². The van der Waals surface area contributed by atoms with Crippen LogP contribution in [0.1, 0.15) is 50.2 Å². The first-order chi connectivity index (χ1) is 22.0. The fourth-order valence-electron chi connectivity index (χ4n) is 5.17. The number of nitrogens with one attached hydrogen (secondary N) is 2. The van der Waals surface area contributed by atoms with Crippen LogP contribution >= 0.6 is 0 Å². The first-order valence-electron chi connectivity index (χ1n) is 15.3. The number of amides is 2. The summed E-state index contributed by atoms with van der Waals surface area (Å²) in [5.74, 6) is -1.03.